The van der Waals surface area contributed by atoms with Crippen molar-refractivity contribution in [1.29, 1.82) is 0 Å². The fraction of sp³-hybridized carbons (Fsp3) is 0.294. The van der Waals surface area contributed by atoms with Gasteiger partial charge in [0.1, 0.15) is 0 Å². The molecule has 0 radical (unpaired) electrons. The van der Waals surface area contributed by atoms with E-state index in [4.69, 9.17) is 14.7 Å². The maximum Gasteiger partial charge on any atom is 0.163 e. The molecule has 2 atom stereocenters. The summed E-state index contributed by atoms with van der Waals surface area (Å²) >= 11 is 0. The van der Waals surface area contributed by atoms with Crippen molar-refractivity contribution < 1.29 is 19.9 Å². The highest BCUT2D eigenvalue weighted by molar-refractivity contribution is 5.52. The van der Waals surface area contributed by atoms with Crippen molar-refractivity contribution in [3.63, 3.8) is 0 Å². The Morgan fingerprint density at radius 3 is 2.39 bits per heavy atom. The maximum atomic E-state index is 11.0. The molecule has 0 amide bonds. The maximum absolute atomic E-state index is 11.0. The molecule has 0 saturated heterocycles. The fourth-order valence-corrected chi connectivity index (χ4v) is 3.00. The molecule has 0 fully saturated rings. The van der Waals surface area contributed by atoms with Crippen molar-refractivity contribution in [2.24, 2.45) is 0 Å². The molecule has 23 heavy (non-hydrogen) atoms. The van der Waals surface area contributed by atoms with E-state index in [0.717, 1.165) is 29.8 Å². The number of hydrogen-bond donors (Lipinski definition) is 3. The molecule has 0 aliphatic carbocycles. The molecule has 6 heteroatoms. The number of fused-ring (bicyclic) bond motifs is 1. The first-order valence-electron chi connectivity index (χ1n) is 7.45. The van der Waals surface area contributed by atoms with E-state index < -0.39 is 5.23 Å². The van der Waals surface area contributed by atoms with Crippen LogP contribution in [0.1, 0.15) is 22.7 Å². The van der Waals surface area contributed by atoms with Crippen LogP contribution in [0.15, 0.2) is 36.4 Å². The van der Waals surface area contributed by atoms with Crippen LogP contribution in [0.2, 0.25) is 0 Å². The van der Waals surface area contributed by atoms with Gasteiger partial charge in [-0.25, -0.2) is 5.21 Å². The summed E-state index contributed by atoms with van der Waals surface area (Å²) < 4.78 is 10.8. The minimum atomic E-state index is -0.917. The van der Waals surface area contributed by atoms with Crippen LogP contribution in [-0.2, 0) is 6.42 Å². The zero-order valence-electron chi connectivity index (χ0n) is 13.1. The quantitative estimate of drug-likeness (QED) is 0.742. The predicted molar refractivity (Wildman–Crippen MR) is 85.3 cm³/mol. The second-order valence-corrected chi connectivity index (χ2v) is 5.47. The molecule has 1 heterocycles. The monoisotopic (exact) mass is 316 g/mol. The summed E-state index contributed by atoms with van der Waals surface area (Å²) in [5, 5.41) is 22.6. The summed E-state index contributed by atoms with van der Waals surface area (Å²) in [4.78, 5) is 0. The molecule has 0 saturated carbocycles. The van der Waals surface area contributed by atoms with E-state index in [9.17, 15) is 5.21 Å². The Morgan fingerprint density at radius 2 is 1.78 bits per heavy atom. The van der Waals surface area contributed by atoms with Gasteiger partial charge in [-0.2, -0.15) is 5.23 Å². The first-order chi connectivity index (χ1) is 11.1. The Labute approximate surface area is 134 Å². The second kappa shape index (κ2) is 6.55. The third-order valence-electron chi connectivity index (χ3n) is 4.19. The number of rotatable bonds is 4. The lowest BCUT2D eigenvalue weighted by molar-refractivity contribution is -0.991. The summed E-state index contributed by atoms with van der Waals surface area (Å²) in [6, 6.07) is 11.0. The lowest BCUT2D eigenvalue weighted by Crippen LogP contribution is -2.99. The lowest BCUT2D eigenvalue weighted by atomic mass is 9.89. The van der Waals surface area contributed by atoms with Crippen LogP contribution in [0.5, 0.6) is 11.5 Å². The van der Waals surface area contributed by atoms with Crippen molar-refractivity contribution in [1.82, 2.24) is 5.32 Å². The highest BCUT2D eigenvalue weighted by atomic mass is 16.8. The number of quaternary nitrogens is 1. The lowest BCUT2D eigenvalue weighted by Gasteiger charge is -2.28. The minimum Gasteiger partial charge on any atom is -0.595 e. The van der Waals surface area contributed by atoms with Gasteiger partial charge in [0.25, 0.3) is 0 Å². The zero-order valence-corrected chi connectivity index (χ0v) is 13.1. The Hall–Kier alpha value is -2.12. The van der Waals surface area contributed by atoms with E-state index in [1.165, 1.54) is 5.56 Å². The smallest absolute Gasteiger partial charge is 0.163 e. The highest BCUT2D eigenvalue weighted by Gasteiger charge is 2.24. The molecular weight excluding hydrogens is 296 g/mol. The van der Waals surface area contributed by atoms with Gasteiger partial charge >= 0.3 is 0 Å². The third-order valence-corrected chi connectivity index (χ3v) is 4.19. The first-order valence-corrected chi connectivity index (χ1v) is 7.45. The van der Waals surface area contributed by atoms with Crippen LogP contribution in [0.3, 0.4) is 0 Å². The van der Waals surface area contributed by atoms with E-state index in [2.05, 4.69) is 5.32 Å². The van der Waals surface area contributed by atoms with E-state index in [1.54, 1.807) is 26.4 Å². The van der Waals surface area contributed by atoms with Crippen LogP contribution in [-0.4, -0.2) is 26.0 Å². The first kappa shape index (κ1) is 15.8. The van der Waals surface area contributed by atoms with Crippen LogP contribution in [0, 0.1) is 5.21 Å². The van der Waals surface area contributed by atoms with Gasteiger partial charge in [0.05, 0.1) is 20.3 Å². The second-order valence-electron chi connectivity index (χ2n) is 5.47. The van der Waals surface area contributed by atoms with Crippen molar-refractivity contribution in [2.45, 2.75) is 12.5 Å². The van der Waals surface area contributed by atoms with Gasteiger partial charge in [-0.3, -0.25) is 0 Å². The van der Waals surface area contributed by atoms with Crippen molar-refractivity contribution >= 4 is 5.69 Å². The molecular formula is C17H20N2O4. The number of ether oxygens (including phenoxy) is 2. The van der Waals surface area contributed by atoms with Crippen molar-refractivity contribution in [3.05, 3.63) is 58.3 Å². The number of nitrogens with one attached hydrogen (secondary N) is 2. The van der Waals surface area contributed by atoms with Crippen LogP contribution < -0.4 is 20.0 Å². The molecule has 0 aromatic heterocycles. The van der Waals surface area contributed by atoms with Crippen molar-refractivity contribution in [3.8, 4) is 11.5 Å². The normalized spacial score (nSPS) is 18.2. The molecule has 2 aromatic rings. The standard InChI is InChI=1S/C17H20N2O4/c1-22-15-9-12-7-8-18-17(14(12)10-16(15)23-2)11-3-5-13(6-4-11)19(20)21/h3-6,9-10,17-20H,7-8H2,1-2H3/t17-/m1/s1. The molecule has 0 spiro atoms. The SMILES string of the molecule is COc1cc2c(cc1OC)[C@@H](c1ccc([NH+]([O-])O)cc1)NCC2. The van der Waals surface area contributed by atoms with Gasteiger partial charge in [-0.05, 0) is 35.2 Å². The summed E-state index contributed by atoms with van der Waals surface area (Å²) in [5.74, 6) is 1.43. The average molecular weight is 316 g/mol. The Bertz CT molecular complexity index is 686. The molecule has 1 aliphatic heterocycles. The Morgan fingerprint density at radius 1 is 1.13 bits per heavy atom. The van der Waals surface area contributed by atoms with Crippen molar-refractivity contribution in [2.75, 3.05) is 20.8 Å². The van der Waals surface area contributed by atoms with Gasteiger partial charge < -0.3 is 20.0 Å². The van der Waals surface area contributed by atoms with E-state index in [-0.39, 0.29) is 11.7 Å². The molecule has 122 valence electrons. The Kier molecular flexibility index (Phi) is 4.49. The summed E-state index contributed by atoms with van der Waals surface area (Å²) in [6.07, 6.45) is 0.916. The minimum absolute atomic E-state index is 0.0152. The van der Waals surface area contributed by atoms with Gasteiger partial charge in [-0.15, -0.1) is 0 Å². The zero-order chi connectivity index (χ0) is 16.4. The molecule has 1 aliphatic rings. The fourth-order valence-electron chi connectivity index (χ4n) is 3.00. The van der Waals surface area contributed by atoms with Crippen LogP contribution >= 0.6 is 0 Å². The summed E-state index contributed by atoms with van der Waals surface area (Å²) in [5.41, 5.74) is 3.67. The predicted octanol–water partition coefficient (Wildman–Crippen LogP) is 1.34. The largest absolute Gasteiger partial charge is 0.595 e. The van der Waals surface area contributed by atoms with E-state index >= 15 is 0 Å². The number of methoxy groups -OCH3 is 2. The van der Waals surface area contributed by atoms with E-state index in [1.807, 2.05) is 24.3 Å². The molecule has 6 nitrogen and oxygen atoms in total. The Balaban J connectivity index is 2.00. The summed E-state index contributed by atoms with van der Waals surface area (Å²) in [7, 11) is 3.25. The van der Waals surface area contributed by atoms with Gasteiger partial charge in [0.2, 0.25) is 0 Å². The molecule has 3 N–H and O–H groups in total. The molecule has 3 rings (SSSR count). The van der Waals surface area contributed by atoms with E-state index in [0.29, 0.717) is 5.75 Å². The van der Waals surface area contributed by atoms with Gasteiger partial charge in [-0.1, -0.05) is 12.1 Å². The van der Waals surface area contributed by atoms with Gasteiger partial charge in [0.15, 0.2) is 17.2 Å². The van der Waals surface area contributed by atoms with Crippen LogP contribution in [0.4, 0.5) is 5.69 Å². The topological polar surface area (TPSA) is 78.2 Å². The molecule has 2 aromatic carbocycles. The summed E-state index contributed by atoms with van der Waals surface area (Å²) in [6.45, 7) is 0.855. The highest BCUT2D eigenvalue weighted by Crippen LogP contribution is 2.37. The molecule has 0 bridgehead atoms. The average Bonchev–Trinajstić information content (AvgIpc) is 2.60. The molecule has 1 unspecified atom stereocenters. The third kappa shape index (κ3) is 3.02. The number of benzene rings is 2. The van der Waals surface area contributed by atoms with Gasteiger partial charge in [0, 0.05) is 18.7 Å². The number of hydrogen-bond acceptors (Lipinski definition) is 5. The van der Waals surface area contributed by atoms with Crippen LogP contribution in [0.25, 0.3) is 0 Å².